The van der Waals surface area contributed by atoms with Gasteiger partial charge < -0.3 is 5.32 Å². The molecule has 0 aliphatic carbocycles. The summed E-state index contributed by atoms with van der Waals surface area (Å²) in [6.07, 6.45) is 4.96. The minimum atomic E-state index is -0.307. The number of hydrogen-bond acceptors (Lipinski definition) is 3. The fraction of sp³-hybridized carbons (Fsp3) is 0.333. The average Bonchev–Trinajstić information content (AvgIpc) is 2.49. The second-order valence-corrected chi connectivity index (χ2v) is 4.94. The summed E-state index contributed by atoms with van der Waals surface area (Å²) in [7, 11) is 0. The van der Waals surface area contributed by atoms with E-state index in [2.05, 4.69) is 17.3 Å². The van der Waals surface area contributed by atoms with Crippen LogP contribution in [-0.4, -0.2) is 16.3 Å². The molecule has 0 atom stereocenters. The number of rotatable bonds is 6. The minimum Gasteiger partial charge on any atom is -0.382 e. The molecule has 1 N–H and O–H groups in total. The van der Waals surface area contributed by atoms with E-state index in [0.717, 1.165) is 25.8 Å². The van der Waals surface area contributed by atoms with Crippen LogP contribution in [-0.2, 0) is 0 Å². The van der Waals surface area contributed by atoms with Crippen molar-refractivity contribution in [1.29, 1.82) is 0 Å². The van der Waals surface area contributed by atoms with Crippen LogP contribution in [0.15, 0.2) is 41.3 Å². The normalized spacial score (nSPS) is 10.5. The lowest BCUT2D eigenvalue weighted by molar-refractivity contribution is 0.741. The van der Waals surface area contributed by atoms with Gasteiger partial charge in [-0.3, -0.25) is 4.79 Å². The summed E-state index contributed by atoms with van der Waals surface area (Å²) in [6, 6.07) is 9.24. The van der Waals surface area contributed by atoms with Gasteiger partial charge in [0, 0.05) is 6.54 Å². The van der Waals surface area contributed by atoms with Crippen molar-refractivity contribution in [2.45, 2.75) is 26.2 Å². The molecular weight excluding hydrogens is 274 g/mol. The highest BCUT2D eigenvalue weighted by Gasteiger charge is 2.09. The van der Waals surface area contributed by atoms with Crippen molar-refractivity contribution in [2.75, 3.05) is 11.9 Å². The van der Waals surface area contributed by atoms with Crippen LogP contribution in [0.2, 0.25) is 5.02 Å². The average molecular weight is 292 g/mol. The van der Waals surface area contributed by atoms with Gasteiger partial charge in [-0.15, -0.1) is 0 Å². The molecule has 20 heavy (non-hydrogen) atoms. The predicted molar refractivity (Wildman–Crippen MR) is 82.9 cm³/mol. The molecule has 0 spiro atoms. The Bertz CT molecular complexity index is 610. The highest BCUT2D eigenvalue weighted by molar-refractivity contribution is 6.32. The molecular formula is C15H18ClN3O. The van der Waals surface area contributed by atoms with Gasteiger partial charge in [0.2, 0.25) is 0 Å². The van der Waals surface area contributed by atoms with E-state index >= 15 is 0 Å². The summed E-state index contributed by atoms with van der Waals surface area (Å²) in [6.45, 7) is 2.94. The van der Waals surface area contributed by atoms with Gasteiger partial charge in [0.15, 0.2) is 0 Å². The maximum Gasteiger partial charge on any atom is 0.292 e. The second kappa shape index (κ2) is 7.10. The number of para-hydroxylation sites is 1. The van der Waals surface area contributed by atoms with Crippen molar-refractivity contribution in [3.05, 3.63) is 51.9 Å². The molecule has 5 heteroatoms. The molecule has 0 unspecified atom stereocenters. The Kier molecular flexibility index (Phi) is 5.18. The first-order valence-corrected chi connectivity index (χ1v) is 7.19. The van der Waals surface area contributed by atoms with Gasteiger partial charge in [0.1, 0.15) is 5.02 Å². The molecule has 0 bridgehead atoms. The van der Waals surface area contributed by atoms with Gasteiger partial charge >= 0.3 is 0 Å². The molecule has 2 aromatic rings. The van der Waals surface area contributed by atoms with E-state index in [-0.39, 0.29) is 10.6 Å². The summed E-state index contributed by atoms with van der Waals surface area (Å²) in [5.74, 6) is 0. The highest BCUT2D eigenvalue weighted by Crippen LogP contribution is 2.16. The van der Waals surface area contributed by atoms with Crippen molar-refractivity contribution in [2.24, 2.45) is 0 Å². The number of anilines is 1. The maximum atomic E-state index is 12.2. The largest absolute Gasteiger partial charge is 0.382 e. The number of halogens is 1. The van der Waals surface area contributed by atoms with Gasteiger partial charge in [0.05, 0.1) is 17.6 Å². The Morgan fingerprint density at radius 1 is 1.25 bits per heavy atom. The molecule has 1 aromatic carbocycles. The van der Waals surface area contributed by atoms with E-state index in [1.165, 1.54) is 4.68 Å². The summed E-state index contributed by atoms with van der Waals surface area (Å²) >= 11 is 6.13. The zero-order valence-corrected chi connectivity index (χ0v) is 12.2. The third-order valence-electron chi connectivity index (χ3n) is 3.02. The van der Waals surface area contributed by atoms with Crippen LogP contribution >= 0.6 is 11.6 Å². The van der Waals surface area contributed by atoms with Gasteiger partial charge in [-0.05, 0) is 18.6 Å². The van der Waals surface area contributed by atoms with Crippen LogP contribution in [0.25, 0.3) is 5.69 Å². The number of nitrogens with one attached hydrogen (secondary N) is 1. The molecule has 0 radical (unpaired) electrons. The predicted octanol–water partition coefficient (Wildman–Crippen LogP) is 3.49. The summed E-state index contributed by atoms with van der Waals surface area (Å²) < 4.78 is 1.31. The Balaban J connectivity index is 2.19. The topological polar surface area (TPSA) is 46.9 Å². The zero-order valence-electron chi connectivity index (χ0n) is 11.5. The summed E-state index contributed by atoms with van der Waals surface area (Å²) in [5.41, 5.74) is 0.996. The molecule has 0 aliphatic rings. The molecule has 2 rings (SSSR count). The van der Waals surface area contributed by atoms with Crippen molar-refractivity contribution in [3.8, 4) is 5.69 Å². The van der Waals surface area contributed by atoms with Gasteiger partial charge in [-0.25, -0.2) is 0 Å². The van der Waals surface area contributed by atoms with Gasteiger partial charge in [0.25, 0.3) is 5.56 Å². The minimum absolute atomic E-state index is 0.181. The van der Waals surface area contributed by atoms with Gasteiger partial charge in [-0.1, -0.05) is 49.6 Å². The van der Waals surface area contributed by atoms with Crippen molar-refractivity contribution < 1.29 is 0 Å². The first kappa shape index (κ1) is 14.6. The van der Waals surface area contributed by atoms with E-state index in [4.69, 9.17) is 11.6 Å². The molecule has 0 saturated carbocycles. The Hall–Kier alpha value is -1.81. The summed E-state index contributed by atoms with van der Waals surface area (Å²) in [5, 5.41) is 7.51. The van der Waals surface area contributed by atoms with Crippen molar-refractivity contribution in [1.82, 2.24) is 9.78 Å². The van der Waals surface area contributed by atoms with E-state index in [1.807, 2.05) is 30.3 Å². The Labute approximate surface area is 123 Å². The molecule has 0 aliphatic heterocycles. The highest BCUT2D eigenvalue weighted by atomic mass is 35.5. The third kappa shape index (κ3) is 3.39. The second-order valence-electron chi connectivity index (χ2n) is 4.56. The Morgan fingerprint density at radius 3 is 2.70 bits per heavy atom. The first-order valence-electron chi connectivity index (χ1n) is 6.81. The summed E-state index contributed by atoms with van der Waals surface area (Å²) in [4.78, 5) is 12.2. The molecule has 106 valence electrons. The standard InChI is InChI=1S/C15H18ClN3O/c1-2-3-7-10-17-13-11-18-19(15(20)14(13)16)12-8-5-4-6-9-12/h4-6,8-9,11,17H,2-3,7,10H2,1H3. The molecule has 0 fully saturated rings. The molecule has 1 heterocycles. The number of aromatic nitrogens is 2. The molecule has 1 aromatic heterocycles. The van der Waals surface area contributed by atoms with E-state index < -0.39 is 0 Å². The lowest BCUT2D eigenvalue weighted by Crippen LogP contribution is -2.22. The first-order chi connectivity index (χ1) is 9.74. The fourth-order valence-electron chi connectivity index (χ4n) is 1.91. The zero-order chi connectivity index (χ0) is 14.4. The lowest BCUT2D eigenvalue weighted by Gasteiger charge is -2.10. The fourth-order valence-corrected chi connectivity index (χ4v) is 2.10. The number of unbranched alkanes of at least 4 members (excludes halogenated alkanes) is 2. The Morgan fingerprint density at radius 2 is 2.00 bits per heavy atom. The van der Waals surface area contributed by atoms with E-state index in [9.17, 15) is 4.79 Å². The SMILES string of the molecule is CCCCCNc1cnn(-c2ccccc2)c(=O)c1Cl. The smallest absolute Gasteiger partial charge is 0.292 e. The lowest BCUT2D eigenvalue weighted by atomic mass is 10.2. The third-order valence-corrected chi connectivity index (χ3v) is 3.38. The molecule has 0 saturated heterocycles. The van der Waals surface area contributed by atoms with Gasteiger partial charge in [-0.2, -0.15) is 9.78 Å². The molecule has 0 amide bonds. The van der Waals surface area contributed by atoms with Crippen molar-refractivity contribution >= 4 is 17.3 Å². The van der Waals surface area contributed by atoms with Crippen LogP contribution < -0.4 is 10.9 Å². The number of benzene rings is 1. The molecule has 4 nitrogen and oxygen atoms in total. The van der Waals surface area contributed by atoms with Crippen LogP contribution in [0, 0.1) is 0 Å². The monoisotopic (exact) mass is 291 g/mol. The number of hydrogen-bond donors (Lipinski definition) is 1. The number of nitrogens with zero attached hydrogens (tertiary/aromatic N) is 2. The van der Waals surface area contributed by atoms with Crippen LogP contribution in [0.5, 0.6) is 0 Å². The maximum absolute atomic E-state index is 12.2. The van der Waals surface area contributed by atoms with Crippen LogP contribution in [0.1, 0.15) is 26.2 Å². The van der Waals surface area contributed by atoms with E-state index in [0.29, 0.717) is 11.4 Å². The quantitative estimate of drug-likeness (QED) is 0.829. The van der Waals surface area contributed by atoms with Crippen molar-refractivity contribution in [3.63, 3.8) is 0 Å². The van der Waals surface area contributed by atoms with Crippen LogP contribution in [0.3, 0.4) is 0 Å². The van der Waals surface area contributed by atoms with E-state index in [1.54, 1.807) is 6.20 Å². The van der Waals surface area contributed by atoms with Crippen LogP contribution in [0.4, 0.5) is 5.69 Å².